The second kappa shape index (κ2) is 3.64. The molecule has 0 bridgehead atoms. The van der Waals surface area contributed by atoms with Gasteiger partial charge >= 0.3 is 5.97 Å². The molecule has 0 atom stereocenters. The van der Waals surface area contributed by atoms with Crippen molar-refractivity contribution >= 4 is 32.7 Å². The summed E-state index contributed by atoms with van der Waals surface area (Å²) in [6.45, 7) is 0. The van der Waals surface area contributed by atoms with Gasteiger partial charge in [-0.2, -0.15) is 0 Å². The Labute approximate surface area is 97.5 Å². The molecular weight excluding hydrogens is 278 g/mol. The highest BCUT2D eigenvalue weighted by atomic mass is 79.9. The number of aromatic amines is 1. The molecule has 0 saturated carbocycles. The van der Waals surface area contributed by atoms with E-state index in [0.29, 0.717) is 4.47 Å². The highest BCUT2D eigenvalue weighted by Gasteiger charge is 2.15. The molecule has 1 heterocycles. The van der Waals surface area contributed by atoms with Crippen LogP contribution in [-0.2, 0) is 0 Å². The lowest BCUT2D eigenvalue weighted by molar-refractivity contribution is 0.0687. The summed E-state index contributed by atoms with van der Waals surface area (Å²) < 4.78 is 0.674. The van der Waals surface area contributed by atoms with E-state index in [9.17, 15) is 14.7 Å². The average molecular weight is 284 g/mol. The molecule has 2 rings (SSSR count). The lowest BCUT2D eigenvalue weighted by atomic mass is 10.1. The van der Waals surface area contributed by atoms with E-state index in [4.69, 9.17) is 5.11 Å². The molecular formula is C10H6BrNO4. The number of H-pyrrole nitrogens is 1. The van der Waals surface area contributed by atoms with Crippen LogP contribution in [0.15, 0.2) is 27.5 Å². The number of aromatic carboxylic acids is 1. The maximum absolute atomic E-state index is 11.6. The minimum atomic E-state index is -1.38. The fraction of sp³-hybridized carbons (Fsp3) is 0. The van der Waals surface area contributed by atoms with E-state index in [1.165, 1.54) is 12.1 Å². The molecule has 6 heteroatoms. The molecule has 0 radical (unpaired) electrons. The summed E-state index contributed by atoms with van der Waals surface area (Å²) >= 11 is 3.19. The Kier molecular flexibility index (Phi) is 2.43. The average Bonchev–Trinajstić information content (AvgIpc) is 2.22. The van der Waals surface area contributed by atoms with Crippen LogP contribution in [-0.4, -0.2) is 21.2 Å². The second-order valence-electron chi connectivity index (χ2n) is 3.17. The van der Waals surface area contributed by atoms with Gasteiger partial charge in [-0.3, -0.25) is 4.79 Å². The summed E-state index contributed by atoms with van der Waals surface area (Å²) in [4.78, 5) is 24.4. The fourth-order valence-electron chi connectivity index (χ4n) is 1.44. The first-order chi connectivity index (χ1) is 7.50. The topological polar surface area (TPSA) is 90.4 Å². The van der Waals surface area contributed by atoms with Crippen molar-refractivity contribution in [3.63, 3.8) is 0 Å². The summed E-state index contributed by atoms with van der Waals surface area (Å²) in [5.74, 6) is -1.81. The van der Waals surface area contributed by atoms with E-state index in [1.807, 2.05) is 0 Å². The molecule has 2 aromatic rings. The number of aromatic nitrogens is 1. The lowest BCUT2D eigenvalue weighted by Crippen LogP contribution is -2.13. The Morgan fingerprint density at radius 2 is 2.00 bits per heavy atom. The highest BCUT2D eigenvalue weighted by molar-refractivity contribution is 9.10. The minimum absolute atomic E-state index is 0.212. The largest absolute Gasteiger partial charge is 0.505 e. The van der Waals surface area contributed by atoms with Crippen molar-refractivity contribution in [3.05, 3.63) is 38.7 Å². The van der Waals surface area contributed by atoms with Crippen molar-refractivity contribution in [2.24, 2.45) is 0 Å². The zero-order chi connectivity index (χ0) is 11.9. The van der Waals surface area contributed by atoms with Crippen LogP contribution in [0.25, 0.3) is 10.8 Å². The molecule has 3 N–H and O–H groups in total. The maximum atomic E-state index is 11.6. The van der Waals surface area contributed by atoms with Crippen molar-refractivity contribution in [2.75, 3.05) is 0 Å². The summed E-state index contributed by atoms with van der Waals surface area (Å²) in [5.41, 5.74) is -1.05. The first-order valence-corrected chi connectivity index (χ1v) is 5.08. The van der Waals surface area contributed by atoms with Crippen LogP contribution in [0.4, 0.5) is 0 Å². The van der Waals surface area contributed by atoms with Gasteiger partial charge in [0.05, 0.1) is 5.39 Å². The zero-order valence-corrected chi connectivity index (χ0v) is 9.41. The number of rotatable bonds is 1. The lowest BCUT2D eigenvalue weighted by Gasteiger charge is -2.04. The van der Waals surface area contributed by atoms with Gasteiger partial charge in [-0.05, 0) is 18.2 Å². The summed E-state index contributed by atoms with van der Waals surface area (Å²) in [7, 11) is 0. The maximum Gasteiger partial charge on any atom is 0.356 e. The second-order valence-corrected chi connectivity index (χ2v) is 4.09. The number of hydrogen-bond acceptors (Lipinski definition) is 3. The smallest absolute Gasteiger partial charge is 0.356 e. The monoisotopic (exact) mass is 283 g/mol. The molecule has 82 valence electrons. The molecule has 1 aromatic heterocycles. The normalized spacial score (nSPS) is 10.6. The van der Waals surface area contributed by atoms with E-state index < -0.39 is 23.0 Å². The Hall–Kier alpha value is -1.82. The van der Waals surface area contributed by atoms with Crippen LogP contribution in [0.2, 0.25) is 0 Å². The van der Waals surface area contributed by atoms with Gasteiger partial charge in [0.15, 0.2) is 11.4 Å². The van der Waals surface area contributed by atoms with Gasteiger partial charge in [0.1, 0.15) is 0 Å². The quantitative estimate of drug-likeness (QED) is 0.743. The molecule has 0 aliphatic carbocycles. The van der Waals surface area contributed by atoms with Crippen molar-refractivity contribution in [2.45, 2.75) is 0 Å². The van der Waals surface area contributed by atoms with Crippen LogP contribution in [0.1, 0.15) is 10.5 Å². The number of nitrogens with one attached hydrogen (secondary N) is 1. The molecule has 0 fully saturated rings. The molecule has 0 spiro atoms. The summed E-state index contributed by atoms with van der Waals surface area (Å²) in [6.07, 6.45) is 0. The Morgan fingerprint density at radius 3 is 2.62 bits per heavy atom. The Balaban J connectivity index is 2.96. The van der Waals surface area contributed by atoms with E-state index >= 15 is 0 Å². The number of halogens is 1. The van der Waals surface area contributed by atoms with E-state index in [-0.39, 0.29) is 10.8 Å². The molecule has 5 nitrogen and oxygen atoms in total. The first kappa shape index (κ1) is 10.7. The molecule has 0 aliphatic heterocycles. The predicted octanol–water partition coefficient (Wildman–Crippen LogP) is 1.69. The van der Waals surface area contributed by atoms with E-state index in [0.717, 1.165) is 0 Å². The number of hydrogen-bond donors (Lipinski definition) is 3. The third-order valence-corrected chi connectivity index (χ3v) is 2.66. The SMILES string of the molecule is O=C(O)c1[nH]c(=O)c2cc(Br)ccc2c1O. The van der Waals surface area contributed by atoms with Gasteiger partial charge in [0.25, 0.3) is 5.56 Å². The van der Waals surface area contributed by atoms with Gasteiger partial charge in [-0.1, -0.05) is 15.9 Å². The highest BCUT2D eigenvalue weighted by Crippen LogP contribution is 2.26. The van der Waals surface area contributed by atoms with Crippen LogP contribution in [0.3, 0.4) is 0 Å². The van der Waals surface area contributed by atoms with Gasteiger partial charge in [-0.25, -0.2) is 4.79 Å². The Morgan fingerprint density at radius 1 is 1.31 bits per heavy atom. The van der Waals surface area contributed by atoms with Gasteiger partial charge in [0.2, 0.25) is 0 Å². The number of carbonyl (C=O) groups is 1. The minimum Gasteiger partial charge on any atom is -0.505 e. The van der Waals surface area contributed by atoms with Crippen LogP contribution >= 0.6 is 15.9 Å². The number of benzene rings is 1. The molecule has 0 aliphatic rings. The van der Waals surface area contributed by atoms with Crippen LogP contribution in [0, 0.1) is 0 Å². The molecule has 0 amide bonds. The van der Waals surface area contributed by atoms with Crippen LogP contribution in [0.5, 0.6) is 5.75 Å². The van der Waals surface area contributed by atoms with E-state index in [2.05, 4.69) is 20.9 Å². The summed E-state index contributed by atoms with van der Waals surface area (Å²) in [6, 6.07) is 4.61. The van der Waals surface area contributed by atoms with Crippen LogP contribution < -0.4 is 5.56 Å². The Bertz CT molecular complexity index is 647. The van der Waals surface area contributed by atoms with Crippen molar-refractivity contribution in [1.82, 2.24) is 4.98 Å². The number of carboxylic acid groups (broad SMARTS) is 1. The standard InChI is InChI=1S/C10H6BrNO4/c11-4-1-2-5-6(3-4)9(14)12-7(8(5)13)10(15)16/h1-3,13H,(H,12,14)(H,15,16). The number of aromatic hydroxyl groups is 1. The number of carboxylic acids is 1. The van der Waals surface area contributed by atoms with Gasteiger partial charge in [0, 0.05) is 9.86 Å². The van der Waals surface area contributed by atoms with Crippen molar-refractivity contribution < 1.29 is 15.0 Å². The zero-order valence-electron chi connectivity index (χ0n) is 7.82. The van der Waals surface area contributed by atoms with E-state index in [1.54, 1.807) is 6.07 Å². The first-order valence-electron chi connectivity index (χ1n) is 4.28. The van der Waals surface area contributed by atoms with Gasteiger partial charge < -0.3 is 15.2 Å². The third-order valence-electron chi connectivity index (χ3n) is 2.17. The molecule has 1 aromatic carbocycles. The number of fused-ring (bicyclic) bond motifs is 1. The predicted molar refractivity (Wildman–Crippen MR) is 60.9 cm³/mol. The van der Waals surface area contributed by atoms with Crippen molar-refractivity contribution in [1.29, 1.82) is 0 Å². The fourth-order valence-corrected chi connectivity index (χ4v) is 1.80. The van der Waals surface area contributed by atoms with Gasteiger partial charge in [-0.15, -0.1) is 0 Å². The van der Waals surface area contributed by atoms with Crippen molar-refractivity contribution in [3.8, 4) is 5.75 Å². The summed E-state index contributed by atoms with van der Waals surface area (Å²) in [5, 5.41) is 18.9. The molecule has 16 heavy (non-hydrogen) atoms. The molecule has 0 unspecified atom stereocenters. The third kappa shape index (κ3) is 1.57. The number of pyridine rings is 1. The molecule has 0 saturated heterocycles.